The quantitative estimate of drug-likeness (QED) is 0.691. The minimum atomic E-state index is -1.12. The van der Waals surface area contributed by atoms with E-state index >= 15 is 0 Å². The van der Waals surface area contributed by atoms with Gasteiger partial charge >= 0.3 is 5.97 Å². The van der Waals surface area contributed by atoms with Gasteiger partial charge in [0, 0.05) is 5.75 Å². The highest BCUT2D eigenvalue weighted by Gasteiger charge is 2.53. The molecule has 8 heteroatoms. The molecule has 2 amide bonds. The molecular formula is C16H16N2O5S. The summed E-state index contributed by atoms with van der Waals surface area (Å²) in [7, 11) is 0. The van der Waals surface area contributed by atoms with Gasteiger partial charge in [-0.3, -0.25) is 14.5 Å². The lowest BCUT2D eigenvalue weighted by molar-refractivity contribution is -0.150. The maximum Gasteiger partial charge on any atom is 0.352 e. The molecule has 1 aromatic carbocycles. The van der Waals surface area contributed by atoms with E-state index in [1.807, 2.05) is 0 Å². The Hall–Kier alpha value is -2.48. The standard InChI is InChI=1S/C16H16N2O5S/c1-8-7-24-15-12(14(21)18(15)13(8)16(22)23)17-11(20)6-9-2-4-10(19)5-3-9/h2-5,12,15,19H,6-7H2,1H3,(H,17,20)(H,22,23)/t12?,15-/m0/s1. The first-order valence-corrected chi connectivity index (χ1v) is 8.38. The fourth-order valence-electron chi connectivity index (χ4n) is 2.80. The minimum Gasteiger partial charge on any atom is -0.508 e. The van der Waals surface area contributed by atoms with Crippen LogP contribution < -0.4 is 5.32 Å². The number of hydrogen-bond acceptors (Lipinski definition) is 5. The molecule has 24 heavy (non-hydrogen) atoms. The molecule has 0 radical (unpaired) electrons. The number of nitrogens with zero attached hydrogens (tertiary/aromatic N) is 1. The lowest BCUT2D eigenvalue weighted by atomic mass is 10.0. The van der Waals surface area contributed by atoms with E-state index in [9.17, 15) is 24.6 Å². The summed E-state index contributed by atoms with van der Waals surface area (Å²) >= 11 is 1.44. The molecule has 1 fully saturated rings. The van der Waals surface area contributed by atoms with Crippen LogP contribution in [0.2, 0.25) is 0 Å². The molecule has 7 nitrogen and oxygen atoms in total. The Morgan fingerprint density at radius 3 is 2.62 bits per heavy atom. The summed E-state index contributed by atoms with van der Waals surface area (Å²) in [4.78, 5) is 37.0. The number of fused-ring (bicyclic) bond motifs is 1. The minimum absolute atomic E-state index is 0.0211. The van der Waals surface area contributed by atoms with Crippen molar-refractivity contribution in [2.45, 2.75) is 24.8 Å². The van der Waals surface area contributed by atoms with Gasteiger partial charge in [-0.2, -0.15) is 0 Å². The number of aromatic hydroxyl groups is 1. The lowest BCUT2D eigenvalue weighted by Gasteiger charge is -2.49. The summed E-state index contributed by atoms with van der Waals surface area (Å²) < 4.78 is 0. The van der Waals surface area contributed by atoms with Gasteiger partial charge in [-0.15, -0.1) is 11.8 Å². The number of nitrogens with one attached hydrogen (secondary N) is 1. The summed E-state index contributed by atoms with van der Waals surface area (Å²) in [5.41, 5.74) is 1.38. The van der Waals surface area contributed by atoms with Crippen LogP contribution in [0.5, 0.6) is 5.75 Å². The summed E-state index contributed by atoms with van der Waals surface area (Å²) in [6.07, 6.45) is 0.0854. The highest BCUT2D eigenvalue weighted by atomic mass is 32.2. The van der Waals surface area contributed by atoms with Gasteiger partial charge in [-0.25, -0.2) is 4.79 Å². The number of thioether (sulfide) groups is 1. The van der Waals surface area contributed by atoms with Crippen molar-refractivity contribution in [1.82, 2.24) is 10.2 Å². The van der Waals surface area contributed by atoms with E-state index in [0.29, 0.717) is 16.9 Å². The van der Waals surface area contributed by atoms with Crippen molar-refractivity contribution in [2.24, 2.45) is 0 Å². The number of carboxylic acids is 1. The molecule has 1 unspecified atom stereocenters. The zero-order valence-electron chi connectivity index (χ0n) is 12.9. The number of phenols is 1. The van der Waals surface area contributed by atoms with Crippen LogP contribution in [0.1, 0.15) is 12.5 Å². The van der Waals surface area contributed by atoms with E-state index in [1.54, 1.807) is 19.1 Å². The van der Waals surface area contributed by atoms with Crippen LogP contribution in [0.4, 0.5) is 0 Å². The van der Waals surface area contributed by atoms with E-state index in [0.717, 1.165) is 0 Å². The van der Waals surface area contributed by atoms with Gasteiger partial charge in [-0.1, -0.05) is 12.1 Å². The fourth-order valence-corrected chi connectivity index (χ4v) is 4.09. The predicted molar refractivity (Wildman–Crippen MR) is 87.2 cm³/mol. The Morgan fingerprint density at radius 1 is 1.33 bits per heavy atom. The van der Waals surface area contributed by atoms with Crippen molar-refractivity contribution in [3.05, 3.63) is 41.1 Å². The number of β-lactam (4-membered cyclic amide) rings is 1. The van der Waals surface area contributed by atoms with Gasteiger partial charge in [0.2, 0.25) is 5.91 Å². The van der Waals surface area contributed by atoms with Gasteiger partial charge in [0.15, 0.2) is 0 Å². The molecule has 1 aromatic rings. The van der Waals surface area contributed by atoms with Crippen LogP contribution in [0, 0.1) is 0 Å². The predicted octanol–water partition coefficient (Wildman–Crippen LogP) is 0.693. The van der Waals surface area contributed by atoms with Crippen molar-refractivity contribution in [1.29, 1.82) is 0 Å². The van der Waals surface area contributed by atoms with E-state index in [2.05, 4.69) is 5.32 Å². The number of benzene rings is 1. The second kappa shape index (κ2) is 6.20. The third-order valence-corrected chi connectivity index (χ3v) is 5.40. The van der Waals surface area contributed by atoms with E-state index in [-0.39, 0.29) is 29.1 Å². The Bertz CT molecular complexity index is 743. The van der Waals surface area contributed by atoms with Crippen LogP contribution in [-0.4, -0.2) is 50.1 Å². The van der Waals surface area contributed by atoms with E-state index in [4.69, 9.17) is 0 Å². The Balaban J connectivity index is 1.66. The van der Waals surface area contributed by atoms with E-state index in [1.165, 1.54) is 28.8 Å². The topological polar surface area (TPSA) is 107 Å². The number of amides is 2. The number of carbonyl (C=O) groups is 3. The van der Waals surface area contributed by atoms with Gasteiger partial charge < -0.3 is 15.5 Å². The molecule has 0 spiro atoms. The molecule has 0 bridgehead atoms. The van der Waals surface area contributed by atoms with Gasteiger partial charge in [0.25, 0.3) is 5.91 Å². The van der Waals surface area contributed by atoms with Crippen molar-refractivity contribution >= 4 is 29.5 Å². The average molecular weight is 348 g/mol. The molecule has 1 saturated heterocycles. The number of carboxylic acid groups (broad SMARTS) is 1. The second-order valence-electron chi connectivity index (χ2n) is 5.73. The molecule has 2 heterocycles. The molecule has 2 atom stereocenters. The third-order valence-electron chi connectivity index (χ3n) is 3.98. The monoisotopic (exact) mass is 348 g/mol. The zero-order valence-corrected chi connectivity index (χ0v) is 13.7. The lowest BCUT2D eigenvalue weighted by Crippen LogP contribution is -2.70. The van der Waals surface area contributed by atoms with Crippen LogP contribution in [0.15, 0.2) is 35.5 Å². The SMILES string of the molecule is CC1=C(C(=O)O)N2C(=O)C(NC(=O)Cc3ccc(O)cc3)[C@@H]2SC1. The van der Waals surface area contributed by atoms with Crippen molar-refractivity contribution in [2.75, 3.05) is 5.75 Å². The van der Waals surface area contributed by atoms with E-state index < -0.39 is 17.9 Å². The Kier molecular flexibility index (Phi) is 4.23. The van der Waals surface area contributed by atoms with Crippen LogP contribution in [0.3, 0.4) is 0 Å². The molecule has 0 saturated carbocycles. The molecule has 3 N–H and O–H groups in total. The number of rotatable bonds is 4. The highest BCUT2D eigenvalue weighted by molar-refractivity contribution is 8.00. The molecule has 2 aliphatic heterocycles. The number of hydrogen-bond donors (Lipinski definition) is 3. The van der Waals surface area contributed by atoms with Crippen molar-refractivity contribution < 1.29 is 24.6 Å². The average Bonchev–Trinajstić information content (AvgIpc) is 2.54. The number of aliphatic carboxylic acids is 1. The molecule has 126 valence electrons. The van der Waals surface area contributed by atoms with Crippen LogP contribution in [0.25, 0.3) is 0 Å². The first-order valence-electron chi connectivity index (χ1n) is 7.33. The summed E-state index contributed by atoms with van der Waals surface area (Å²) in [6.45, 7) is 1.69. The first kappa shape index (κ1) is 16.4. The Labute approximate surface area is 142 Å². The van der Waals surface area contributed by atoms with Gasteiger partial charge in [-0.05, 0) is 30.2 Å². The van der Waals surface area contributed by atoms with Gasteiger partial charge in [0.1, 0.15) is 22.9 Å². The maximum atomic E-state index is 12.3. The largest absolute Gasteiger partial charge is 0.508 e. The molecule has 3 rings (SSSR count). The summed E-state index contributed by atoms with van der Waals surface area (Å²) in [6, 6.07) is 5.54. The van der Waals surface area contributed by atoms with Gasteiger partial charge in [0.05, 0.1) is 6.42 Å². The highest BCUT2D eigenvalue weighted by Crippen LogP contribution is 2.40. The molecule has 2 aliphatic rings. The third kappa shape index (κ3) is 2.84. The summed E-state index contributed by atoms with van der Waals surface area (Å²) in [5.74, 6) is -1.21. The molecule has 0 aromatic heterocycles. The smallest absolute Gasteiger partial charge is 0.352 e. The fraction of sp³-hybridized carbons (Fsp3) is 0.312. The normalized spacial score (nSPS) is 22.7. The number of carbonyl (C=O) groups excluding carboxylic acids is 2. The van der Waals surface area contributed by atoms with Crippen molar-refractivity contribution in [3.8, 4) is 5.75 Å². The maximum absolute atomic E-state index is 12.3. The van der Waals surface area contributed by atoms with Crippen molar-refractivity contribution in [3.63, 3.8) is 0 Å². The molecule has 0 aliphatic carbocycles. The molecular weight excluding hydrogens is 332 g/mol. The number of phenolic OH excluding ortho intramolecular Hbond substituents is 1. The summed E-state index contributed by atoms with van der Waals surface area (Å²) in [5, 5.41) is 20.8. The van der Waals surface area contributed by atoms with Crippen LogP contribution >= 0.6 is 11.8 Å². The second-order valence-corrected chi connectivity index (χ2v) is 6.84. The Morgan fingerprint density at radius 2 is 2.00 bits per heavy atom. The van der Waals surface area contributed by atoms with Crippen LogP contribution in [-0.2, 0) is 20.8 Å². The first-order chi connectivity index (χ1) is 11.4. The zero-order chi connectivity index (χ0) is 17.4.